The Balaban J connectivity index is 2.38. The molecule has 3 heteroatoms. The molecule has 0 aliphatic carbocycles. The van der Waals surface area contributed by atoms with Gasteiger partial charge in [-0.3, -0.25) is 0 Å². The summed E-state index contributed by atoms with van der Waals surface area (Å²) in [5, 5.41) is 9.07. The molecule has 2 nitrogen and oxygen atoms in total. The van der Waals surface area contributed by atoms with Crippen LogP contribution in [-0.4, -0.2) is 30.6 Å². The molecule has 1 unspecified atom stereocenters. The Morgan fingerprint density at radius 2 is 2.19 bits per heavy atom. The third kappa shape index (κ3) is 1.94. The summed E-state index contributed by atoms with van der Waals surface area (Å²) in [6, 6.07) is 4.87. The van der Waals surface area contributed by atoms with Crippen molar-refractivity contribution in [2.45, 2.75) is 31.2 Å². The summed E-state index contributed by atoms with van der Waals surface area (Å²) in [7, 11) is 2.14. The Morgan fingerprint density at radius 3 is 2.88 bits per heavy atom. The van der Waals surface area contributed by atoms with Gasteiger partial charge < -0.3 is 10.0 Å². The van der Waals surface area contributed by atoms with Gasteiger partial charge in [-0.25, -0.2) is 0 Å². The third-order valence-corrected chi connectivity index (χ3v) is 4.65. The summed E-state index contributed by atoms with van der Waals surface area (Å²) in [6.45, 7) is 4.62. The van der Waals surface area contributed by atoms with E-state index in [-0.39, 0.29) is 6.61 Å². The zero-order chi connectivity index (χ0) is 11.7. The molecule has 0 fully saturated rings. The summed E-state index contributed by atoms with van der Waals surface area (Å²) in [5.74, 6) is 1.08. The van der Waals surface area contributed by atoms with Gasteiger partial charge in [-0.2, -0.15) is 0 Å². The molecule has 0 saturated carbocycles. The van der Waals surface area contributed by atoms with Gasteiger partial charge in [0.15, 0.2) is 0 Å². The summed E-state index contributed by atoms with van der Waals surface area (Å²) in [6.07, 6.45) is 0.857. The van der Waals surface area contributed by atoms with Gasteiger partial charge in [-0.05, 0) is 37.5 Å². The normalized spacial score (nSPS) is 19.8. The molecule has 0 saturated heterocycles. The smallest absolute Gasteiger partial charge is 0.0536 e. The highest BCUT2D eigenvalue weighted by Gasteiger charge is 2.25. The Bertz CT molecular complexity index is 392. The zero-order valence-corrected chi connectivity index (χ0v) is 11.0. The van der Waals surface area contributed by atoms with Crippen LogP contribution in [0.1, 0.15) is 17.5 Å². The van der Waals surface area contributed by atoms with Gasteiger partial charge >= 0.3 is 0 Å². The highest BCUT2D eigenvalue weighted by Crippen LogP contribution is 2.40. The lowest BCUT2D eigenvalue weighted by atomic mass is 10.1. The predicted octanol–water partition coefficient (Wildman–Crippen LogP) is 2.60. The minimum absolute atomic E-state index is 0.274. The van der Waals surface area contributed by atoms with E-state index in [1.807, 2.05) is 11.8 Å². The van der Waals surface area contributed by atoms with Crippen LogP contribution in [0, 0.1) is 13.8 Å². The third-order valence-electron chi connectivity index (χ3n) is 3.46. The monoisotopic (exact) mass is 237 g/mol. The fourth-order valence-corrected chi connectivity index (χ4v) is 3.60. The van der Waals surface area contributed by atoms with E-state index < -0.39 is 0 Å². The van der Waals surface area contributed by atoms with Crippen molar-refractivity contribution in [2.24, 2.45) is 0 Å². The van der Waals surface area contributed by atoms with E-state index in [2.05, 4.69) is 37.9 Å². The molecule has 16 heavy (non-hydrogen) atoms. The van der Waals surface area contributed by atoms with Crippen molar-refractivity contribution in [3.63, 3.8) is 0 Å². The number of thioether (sulfide) groups is 1. The molecule has 1 aromatic rings. The minimum atomic E-state index is 0.274. The maximum atomic E-state index is 9.07. The molecule has 0 amide bonds. The van der Waals surface area contributed by atoms with Crippen LogP contribution in [0.2, 0.25) is 0 Å². The van der Waals surface area contributed by atoms with Gasteiger partial charge in [0.05, 0.1) is 5.69 Å². The summed E-state index contributed by atoms with van der Waals surface area (Å²) >= 11 is 1.91. The number of fused-ring (bicyclic) bond motifs is 1. The predicted molar refractivity (Wildman–Crippen MR) is 70.5 cm³/mol. The number of anilines is 1. The lowest BCUT2D eigenvalue weighted by Crippen LogP contribution is -2.37. The first-order valence-corrected chi connectivity index (χ1v) is 6.70. The van der Waals surface area contributed by atoms with Crippen LogP contribution in [-0.2, 0) is 0 Å². The van der Waals surface area contributed by atoms with Crippen LogP contribution < -0.4 is 4.90 Å². The second-order valence-corrected chi connectivity index (χ2v) is 5.50. The first-order valence-electron chi connectivity index (χ1n) is 5.72. The number of hydrogen-bond donors (Lipinski definition) is 1. The minimum Gasteiger partial charge on any atom is -0.396 e. The van der Waals surface area contributed by atoms with Crippen LogP contribution in [0.25, 0.3) is 0 Å². The van der Waals surface area contributed by atoms with Gasteiger partial charge in [0.2, 0.25) is 0 Å². The number of aryl methyl sites for hydroxylation is 1. The highest BCUT2D eigenvalue weighted by molar-refractivity contribution is 7.99. The summed E-state index contributed by atoms with van der Waals surface area (Å²) in [5.41, 5.74) is 4.07. The quantitative estimate of drug-likeness (QED) is 0.855. The molecule has 1 heterocycles. The Morgan fingerprint density at radius 1 is 1.44 bits per heavy atom. The SMILES string of the molecule is Cc1ccc2c(c1C)N(C)C(CCO)CS2. The molecule has 1 atom stereocenters. The summed E-state index contributed by atoms with van der Waals surface area (Å²) < 4.78 is 0. The largest absolute Gasteiger partial charge is 0.396 e. The second-order valence-electron chi connectivity index (χ2n) is 4.44. The Hall–Kier alpha value is -0.670. The molecule has 0 spiro atoms. The number of rotatable bonds is 2. The molecular weight excluding hydrogens is 218 g/mol. The van der Waals surface area contributed by atoms with Crippen molar-refractivity contribution in [1.82, 2.24) is 0 Å². The topological polar surface area (TPSA) is 23.5 Å². The maximum Gasteiger partial charge on any atom is 0.0536 e. The molecule has 2 rings (SSSR count). The molecule has 1 aliphatic heterocycles. The first kappa shape index (κ1) is 11.8. The zero-order valence-electron chi connectivity index (χ0n) is 10.2. The molecule has 0 aromatic heterocycles. The van der Waals surface area contributed by atoms with Crippen molar-refractivity contribution in [3.8, 4) is 0 Å². The van der Waals surface area contributed by atoms with Gasteiger partial charge in [0.1, 0.15) is 0 Å². The van der Waals surface area contributed by atoms with Crippen molar-refractivity contribution < 1.29 is 5.11 Å². The fraction of sp³-hybridized carbons (Fsp3) is 0.538. The van der Waals surface area contributed by atoms with Crippen LogP contribution in [0.4, 0.5) is 5.69 Å². The average molecular weight is 237 g/mol. The number of benzene rings is 1. The lowest BCUT2D eigenvalue weighted by Gasteiger charge is -2.37. The van der Waals surface area contributed by atoms with Crippen LogP contribution in [0.3, 0.4) is 0 Å². The molecule has 1 N–H and O–H groups in total. The van der Waals surface area contributed by atoms with Crippen molar-refractivity contribution in [3.05, 3.63) is 23.3 Å². The van der Waals surface area contributed by atoms with E-state index in [1.165, 1.54) is 21.7 Å². The van der Waals surface area contributed by atoms with Gasteiger partial charge in [0, 0.05) is 30.3 Å². The number of hydrogen-bond acceptors (Lipinski definition) is 3. The van der Waals surface area contributed by atoms with E-state index >= 15 is 0 Å². The Labute approximate surface area is 102 Å². The fourth-order valence-electron chi connectivity index (χ4n) is 2.24. The number of nitrogens with zero attached hydrogens (tertiary/aromatic N) is 1. The highest BCUT2D eigenvalue weighted by atomic mass is 32.2. The Kier molecular flexibility index (Phi) is 3.45. The number of aliphatic hydroxyl groups is 1. The second kappa shape index (κ2) is 4.68. The van der Waals surface area contributed by atoms with Crippen molar-refractivity contribution >= 4 is 17.4 Å². The van der Waals surface area contributed by atoms with E-state index in [0.29, 0.717) is 6.04 Å². The molecule has 0 bridgehead atoms. The van der Waals surface area contributed by atoms with Gasteiger partial charge in [-0.1, -0.05) is 6.07 Å². The molecule has 1 aromatic carbocycles. The standard InChI is InChI=1S/C13H19NOS/c1-9-4-5-12-13(10(9)2)14(3)11(6-7-15)8-16-12/h4-5,11,15H,6-8H2,1-3H3. The van der Waals surface area contributed by atoms with Crippen molar-refractivity contribution in [1.29, 1.82) is 0 Å². The van der Waals surface area contributed by atoms with E-state index in [1.54, 1.807) is 0 Å². The molecule has 1 aliphatic rings. The van der Waals surface area contributed by atoms with Crippen molar-refractivity contribution in [2.75, 3.05) is 24.3 Å². The lowest BCUT2D eigenvalue weighted by molar-refractivity contribution is 0.278. The van der Waals surface area contributed by atoms with E-state index in [4.69, 9.17) is 5.11 Å². The molecule has 88 valence electrons. The maximum absolute atomic E-state index is 9.07. The summed E-state index contributed by atoms with van der Waals surface area (Å²) in [4.78, 5) is 3.71. The van der Waals surface area contributed by atoms with Gasteiger partial charge in [-0.15, -0.1) is 11.8 Å². The van der Waals surface area contributed by atoms with Crippen LogP contribution >= 0.6 is 11.8 Å². The van der Waals surface area contributed by atoms with Crippen LogP contribution in [0.5, 0.6) is 0 Å². The molecular formula is C13H19NOS. The first-order chi connectivity index (χ1) is 7.65. The van der Waals surface area contributed by atoms with Gasteiger partial charge in [0.25, 0.3) is 0 Å². The molecule has 0 radical (unpaired) electrons. The van der Waals surface area contributed by atoms with E-state index in [9.17, 15) is 0 Å². The van der Waals surface area contributed by atoms with E-state index in [0.717, 1.165) is 12.2 Å². The number of aliphatic hydroxyl groups excluding tert-OH is 1. The van der Waals surface area contributed by atoms with Crippen LogP contribution in [0.15, 0.2) is 17.0 Å². The average Bonchev–Trinajstić information content (AvgIpc) is 2.27.